The molecule has 0 spiro atoms. The van der Waals surface area contributed by atoms with E-state index in [9.17, 15) is 0 Å². The molecule has 0 bridgehead atoms. The van der Waals surface area contributed by atoms with Gasteiger partial charge in [0.1, 0.15) is 0 Å². The number of nitrogens with two attached hydrogens (primary N) is 1. The minimum absolute atomic E-state index is 0.111. The fourth-order valence-corrected chi connectivity index (χ4v) is 0.250. The van der Waals surface area contributed by atoms with Crippen LogP contribution in [0.4, 0.5) is 0 Å². The average Bonchev–Trinajstić information content (AvgIpc) is 2.50. The van der Waals surface area contributed by atoms with Crippen LogP contribution in [0.5, 0.6) is 0 Å². The van der Waals surface area contributed by atoms with E-state index < -0.39 is 0 Å². The summed E-state index contributed by atoms with van der Waals surface area (Å²) in [4.78, 5) is 0. The van der Waals surface area contributed by atoms with Crippen LogP contribution in [-0.4, -0.2) is 7.05 Å². The number of halogens is 2. The van der Waals surface area contributed by atoms with Crippen LogP contribution in [0.15, 0.2) is 11.1 Å². The van der Waals surface area contributed by atoms with Crippen LogP contribution in [0.25, 0.3) is 0 Å². The molecule has 68 valence electrons. The summed E-state index contributed by atoms with van der Waals surface area (Å²) >= 11 is 9.69. The lowest BCUT2D eigenvalue weighted by Gasteiger charge is -1.86. The van der Waals surface area contributed by atoms with Gasteiger partial charge in [-0.15, -0.1) is 0 Å². The molecular formula is C8H17Cl2N. The van der Waals surface area contributed by atoms with Crippen molar-refractivity contribution in [1.29, 1.82) is 0 Å². The van der Waals surface area contributed by atoms with Crippen molar-refractivity contribution in [1.82, 2.24) is 0 Å². The molecule has 0 aromatic carbocycles. The van der Waals surface area contributed by atoms with Gasteiger partial charge in [-0.25, -0.2) is 0 Å². The zero-order valence-electron chi connectivity index (χ0n) is 7.45. The van der Waals surface area contributed by atoms with Crippen LogP contribution in [-0.2, 0) is 0 Å². The molecule has 0 aromatic heterocycles. The Bertz CT molecular complexity index is 101. The molecule has 3 heteroatoms. The highest BCUT2D eigenvalue weighted by Crippen LogP contribution is 2.43. The van der Waals surface area contributed by atoms with E-state index in [4.69, 9.17) is 23.2 Å². The van der Waals surface area contributed by atoms with Gasteiger partial charge in [-0.1, -0.05) is 43.6 Å². The minimum atomic E-state index is 0.111. The topological polar surface area (TPSA) is 26.0 Å². The van der Waals surface area contributed by atoms with Crippen molar-refractivity contribution >= 4 is 23.2 Å². The minimum Gasteiger partial charge on any atom is -0.333 e. The summed E-state index contributed by atoms with van der Waals surface area (Å²) in [5.74, 6) is 0. The van der Waals surface area contributed by atoms with Gasteiger partial charge in [0.25, 0.3) is 0 Å². The Morgan fingerprint density at radius 3 is 1.36 bits per heavy atom. The predicted molar refractivity (Wildman–Crippen MR) is 54.0 cm³/mol. The van der Waals surface area contributed by atoms with Gasteiger partial charge < -0.3 is 5.73 Å². The van der Waals surface area contributed by atoms with Gasteiger partial charge in [-0.3, -0.25) is 0 Å². The predicted octanol–water partition coefficient (Wildman–Crippen LogP) is 3.32. The molecule has 0 unspecified atom stereocenters. The van der Waals surface area contributed by atoms with E-state index in [1.165, 1.54) is 19.9 Å². The van der Waals surface area contributed by atoms with Gasteiger partial charge in [0, 0.05) is 0 Å². The smallest absolute Gasteiger partial charge is 0.0992 e. The third kappa shape index (κ3) is 25.3. The monoisotopic (exact) mass is 197 g/mol. The van der Waals surface area contributed by atoms with E-state index in [0.29, 0.717) is 0 Å². The van der Waals surface area contributed by atoms with E-state index in [-0.39, 0.29) is 4.49 Å². The van der Waals surface area contributed by atoms with E-state index in [0.717, 1.165) is 5.41 Å². The van der Waals surface area contributed by atoms with E-state index >= 15 is 0 Å². The molecule has 0 aliphatic heterocycles. The summed E-state index contributed by atoms with van der Waals surface area (Å²) in [6.07, 6.45) is 2.90. The standard InChI is InChI=1S/C5H10.C2H2Cl2.CH5N/c1-5(2)3-4-5;1-2(3)4;1-2/h3-4H2,1-2H3;1H2;2H2,1H3. The largest absolute Gasteiger partial charge is 0.333 e. The molecule has 1 saturated carbocycles. The lowest BCUT2D eigenvalue weighted by atomic mass is 10.2. The first-order valence-corrected chi connectivity index (χ1v) is 4.27. The van der Waals surface area contributed by atoms with Gasteiger partial charge in [0.15, 0.2) is 0 Å². The second kappa shape index (κ2) is 6.96. The van der Waals surface area contributed by atoms with Crippen molar-refractivity contribution in [2.75, 3.05) is 7.05 Å². The fraction of sp³-hybridized carbons (Fsp3) is 0.750. The molecule has 1 fully saturated rings. The zero-order chi connectivity index (χ0) is 9.49. The van der Waals surface area contributed by atoms with Crippen LogP contribution in [0, 0.1) is 5.41 Å². The zero-order valence-corrected chi connectivity index (χ0v) is 8.97. The molecule has 1 nitrogen and oxygen atoms in total. The van der Waals surface area contributed by atoms with Gasteiger partial charge in [-0.2, -0.15) is 0 Å². The second-order valence-corrected chi connectivity index (χ2v) is 4.11. The first-order valence-electron chi connectivity index (χ1n) is 3.52. The van der Waals surface area contributed by atoms with Crippen LogP contribution in [0.3, 0.4) is 0 Å². The molecule has 2 N–H and O–H groups in total. The molecule has 0 heterocycles. The van der Waals surface area contributed by atoms with E-state index in [1.807, 2.05) is 0 Å². The van der Waals surface area contributed by atoms with Gasteiger partial charge in [0.2, 0.25) is 0 Å². The number of hydrogen-bond donors (Lipinski definition) is 1. The SMILES string of the molecule is C=C(Cl)Cl.CC1(C)CC1.CN. The Balaban J connectivity index is 0. The first-order chi connectivity index (χ1) is 4.94. The normalized spacial score (nSPS) is 16.5. The Morgan fingerprint density at radius 1 is 1.27 bits per heavy atom. The summed E-state index contributed by atoms with van der Waals surface area (Å²) < 4.78 is 0.111. The molecule has 0 atom stereocenters. The Morgan fingerprint density at radius 2 is 1.36 bits per heavy atom. The highest BCUT2D eigenvalue weighted by Gasteiger charge is 2.30. The maximum atomic E-state index is 4.85. The summed E-state index contributed by atoms with van der Waals surface area (Å²) in [5.41, 5.74) is 5.25. The number of rotatable bonds is 0. The molecule has 0 amide bonds. The quantitative estimate of drug-likeness (QED) is 0.634. The van der Waals surface area contributed by atoms with E-state index in [1.54, 1.807) is 0 Å². The van der Waals surface area contributed by atoms with Gasteiger partial charge in [0.05, 0.1) is 4.49 Å². The third-order valence-electron chi connectivity index (χ3n) is 1.25. The average molecular weight is 198 g/mol. The van der Waals surface area contributed by atoms with Crippen LogP contribution in [0.2, 0.25) is 0 Å². The molecule has 11 heavy (non-hydrogen) atoms. The Labute approximate surface area is 79.6 Å². The molecule has 1 aliphatic rings. The lowest BCUT2D eigenvalue weighted by molar-refractivity contribution is 0.653. The number of hydrogen-bond acceptors (Lipinski definition) is 1. The van der Waals surface area contributed by atoms with Gasteiger partial charge >= 0.3 is 0 Å². The maximum absolute atomic E-state index is 4.85. The van der Waals surface area contributed by atoms with Crippen molar-refractivity contribution in [3.63, 3.8) is 0 Å². The molecule has 0 radical (unpaired) electrons. The third-order valence-corrected chi connectivity index (χ3v) is 1.25. The summed E-state index contributed by atoms with van der Waals surface area (Å²) in [7, 11) is 1.50. The van der Waals surface area contributed by atoms with Crippen molar-refractivity contribution in [3.05, 3.63) is 11.1 Å². The summed E-state index contributed by atoms with van der Waals surface area (Å²) in [5, 5.41) is 0. The highest BCUT2D eigenvalue weighted by molar-refractivity contribution is 6.55. The maximum Gasteiger partial charge on any atom is 0.0992 e. The van der Waals surface area contributed by atoms with E-state index in [2.05, 4.69) is 26.2 Å². The van der Waals surface area contributed by atoms with Crippen molar-refractivity contribution in [3.8, 4) is 0 Å². The summed E-state index contributed by atoms with van der Waals surface area (Å²) in [6.45, 7) is 7.68. The molecular weight excluding hydrogens is 181 g/mol. The second-order valence-electron chi connectivity index (χ2n) is 3.00. The molecule has 0 aromatic rings. The molecule has 1 aliphatic carbocycles. The summed E-state index contributed by atoms with van der Waals surface area (Å²) in [6, 6.07) is 0. The van der Waals surface area contributed by atoms with Crippen molar-refractivity contribution in [2.24, 2.45) is 11.1 Å². The molecule has 1 rings (SSSR count). The Kier molecular flexibility index (Phi) is 8.76. The van der Waals surface area contributed by atoms with Crippen molar-refractivity contribution in [2.45, 2.75) is 26.7 Å². The fourth-order valence-electron chi connectivity index (χ4n) is 0.250. The Hall–Kier alpha value is 0.280. The van der Waals surface area contributed by atoms with Crippen molar-refractivity contribution < 1.29 is 0 Å². The van der Waals surface area contributed by atoms with Crippen LogP contribution in [0.1, 0.15) is 26.7 Å². The lowest BCUT2D eigenvalue weighted by Crippen LogP contribution is -1.75. The highest BCUT2D eigenvalue weighted by atomic mass is 35.5. The van der Waals surface area contributed by atoms with Gasteiger partial charge in [-0.05, 0) is 25.3 Å². The van der Waals surface area contributed by atoms with Crippen LogP contribution >= 0.6 is 23.2 Å². The molecule has 0 saturated heterocycles. The van der Waals surface area contributed by atoms with Crippen LogP contribution < -0.4 is 5.73 Å². The first kappa shape index (κ1) is 13.8.